The highest BCUT2D eigenvalue weighted by atomic mass is 35.5. The molecule has 0 aliphatic rings. The van der Waals surface area contributed by atoms with Gasteiger partial charge in [0.1, 0.15) is 6.10 Å². The summed E-state index contributed by atoms with van der Waals surface area (Å²) in [5.41, 5.74) is 5.66. The maximum atomic E-state index is 10.5. The molecule has 0 radical (unpaired) electrons. The molecule has 0 aliphatic carbocycles. The summed E-state index contributed by atoms with van der Waals surface area (Å²) in [6.07, 6.45) is 0.991. The van der Waals surface area contributed by atoms with Gasteiger partial charge in [0.2, 0.25) is 0 Å². The van der Waals surface area contributed by atoms with Crippen molar-refractivity contribution >= 4 is 17.7 Å². The fourth-order valence-electron chi connectivity index (χ4n) is 0.933. The Labute approximate surface area is 83.2 Å². The van der Waals surface area contributed by atoms with E-state index < -0.39 is 6.09 Å². The number of carbonyl (C=O) groups is 1. The minimum atomic E-state index is -0.792. The SMILES string of the molecule is C=CC(Cl)=C(C)C(CC)OC(N)=O. The zero-order valence-corrected chi connectivity index (χ0v) is 8.60. The van der Waals surface area contributed by atoms with Crippen LogP contribution in [-0.4, -0.2) is 12.2 Å². The molecule has 0 fully saturated rings. The van der Waals surface area contributed by atoms with Gasteiger partial charge in [-0.15, -0.1) is 0 Å². The Bertz CT molecular complexity index is 236. The number of primary amides is 1. The van der Waals surface area contributed by atoms with E-state index in [1.54, 1.807) is 6.92 Å². The molecule has 0 aromatic rings. The average molecular weight is 204 g/mol. The van der Waals surface area contributed by atoms with E-state index >= 15 is 0 Å². The molecule has 0 saturated carbocycles. The highest BCUT2D eigenvalue weighted by Crippen LogP contribution is 2.18. The Kier molecular flexibility index (Phi) is 5.23. The van der Waals surface area contributed by atoms with Crippen molar-refractivity contribution in [2.75, 3.05) is 0 Å². The van der Waals surface area contributed by atoms with Gasteiger partial charge in [-0.25, -0.2) is 4.79 Å². The number of allylic oxidation sites excluding steroid dienone is 2. The first-order valence-electron chi connectivity index (χ1n) is 3.97. The van der Waals surface area contributed by atoms with Crippen molar-refractivity contribution in [1.82, 2.24) is 0 Å². The third kappa shape index (κ3) is 3.99. The molecular formula is C9H14ClNO2. The summed E-state index contributed by atoms with van der Waals surface area (Å²) in [5, 5.41) is 0.494. The second kappa shape index (κ2) is 5.65. The van der Waals surface area contributed by atoms with E-state index in [0.29, 0.717) is 11.5 Å². The van der Waals surface area contributed by atoms with Crippen LogP contribution in [0.5, 0.6) is 0 Å². The van der Waals surface area contributed by atoms with Crippen molar-refractivity contribution in [3.05, 3.63) is 23.3 Å². The van der Waals surface area contributed by atoms with Crippen LogP contribution in [-0.2, 0) is 4.74 Å². The monoisotopic (exact) mass is 203 g/mol. The summed E-state index contributed by atoms with van der Waals surface area (Å²) in [5.74, 6) is 0. The van der Waals surface area contributed by atoms with E-state index in [9.17, 15) is 4.79 Å². The van der Waals surface area contributed by atoms with Crippen molar-refractivity contribution in [3.63, 3.8) is 0 Å². The van der Waals surface area contributed by atoms with Crippen molar-refractivity contribution < 1.29 is 9.53 Å². The molecule has 0 aliphatic heterocycles. The molecule has 74 valence electrons. The minimum absolute atomic E-state index is 0.358. The third-order valence-corrected chi connectivity index (χ3v) is 2.12. The lowest BCUT2D eigenvalue weighted by Crippen LogP contribution is -2.23. The number of amides is 1. The van der Waals surface area contributed by atoms with E-state index in [0.717, 1.165) is 5.57 Å². The van der Waals surface area contributed by atoms with E-state index in [-0.39, 0.29) is 6.10 Å². The van der Waals surface area contributed by atoms with Crippen LogP contribution in [0.1, 0.15) is 20.3 Å². The number of hydrogen-bond donors (Lipinski definition) is 1. The number of ether oxygens (including phenoxy) is 1. The highest BCUT2D eigenvalue weighted by Gasteiger charge is 2.13. The molecule has 0 heterocycles. The fourth-order valence-corrected chi connectivity index (χ4v) is 1.05. The summed E-state index contributed by atoms with van der Waals surface area (Å²) >= 11 is 5.80. The van der Waals surface area contributed by atoms with Gasteiger partial charge in [0, 0.05) is 5.03 Å². The van der Waals surface area contributed by atoms with Gasteiger partial charge in [-0.2, -0.15) is 0 Å². The zero-order chi connectivity index (χ0) is 10.4. The first-order valence-corrected chi connectivity index (χ1v) is 4.35. The Hall–Kier alpha value is -0.960. The molecule has 2 N–H and O–H groups in total. The van der Waals surface area contributed by atoms with Crippen LogP contribution in [0.4, 0.5) is 4.79 Å². The highest BCUT2D eigenvalue weighted by molar-refractivity contribution is 6.31. The Morgan fingerprint density at radius 3 is 2.62 bits per heavy atom. The molecule has 13 heavy (non-hydrogen) atoms. The summed E-state index contributed by atoms with van der Waals surface area (Å²) in [4.78, 5) is 10.5. The predicted molar refractivity (Wildman–Crippen MR) is 53.5 cm³/mol. The molecule has 1 unspecified atom stereocenters. The van der Waals surface area contributed by atoms with Crippen LogP contribution in [0.15, 0.2) is 23.3 Å². The van der Waals surface area contributed by atoms with Crippen molar-refractivity contribution in [2.24, 2.45) is 5.73 Å². The van der Waals surface area contributed by atoms with E-state index in [1.807, 2.05) is 6.92 Å². The first kappa shape index (κ1) is 12.0. The second-order valence-electron chi connectivity index (χ2n) is 2.57. The van der Waals surface area contributed by atoms with E-state index in [2.05, 4.69) is 6.58 Å². The molecule has 0 rings (SSSR count). The summed E-state index contributed by atoms with van der Waals surface area (Å²) in [7, 11) is 0. The van der Waals surface area contributed by atoms with Gasteiger partial charge in [-0.05, 0) is 18.9 Å². The van der Waals surface area contributed by atoms with Crippen molar-refractivity contribution in [1.29, 1.82) is 0 Å². The lowest BCUT2D eigenvalue weighted by Gasteiger charge is -2.15. The van der Waals surface area contributed by atoms with Gasteiger partial charge in [-0.3, -0.25) is 0 Å². The molecule has 0 bridgehead atoms. The Balaban J connectivity index is 4.57. The van der Waals surface area contributed by atoms with Gasteiger partial charge in [0.15, 0.2) is 0 Å². The van der Waals surface area contributed by atoms with Gasteiger partial charge in [-0.1, -0.05) is 31.2 Å². The summed E-state index contributed by atoms with van der Waals surface area (Å²) in [6, 6.07) is 0. The molecule has 1 atom stereocenters. The zero-order valence-electron chi connectivity index (χ0n) is 7.84. The molecule has 0 spiro atoms. The summed E-state index contributed by atoms with van der Waals surface area (Å²) < 4.78 is 4.83. The van der Waals surface area contributed by atoms with Crippen LogP contribution >= 0.6 is 11.6 Å². The topological polar surface area (TPSA) is 52.3 Å². The van der Waals surface area contributed by atoms with Crippen molar-refractivity contribution in [2.45, 2.75) is 26.4 Å². The molecule has 0 saturated heterocycles. The molecule has 0 aromatic heterocycles. The maximum Gasteiger partial charge on any atom is 0.405 e. The van der Waals surface area contributed by atoms with Crippen LogP contribution in [0, 0.1) is 0 Å². The standard InChI is InChI=1S/C9H14ClNO2/c1-4-7(10)6(3)8(5-2)13-9(11)12/h4,8H,1,5H2,2-3H3,(H2,11,12). The van der Waals surface area contributed by atoms with Gasteiger partial charge < -0.3 is 10.5 Å². The van der Waals surface area contributed by atoms with E-state index in [1.165, 1.54) is 6.08 Å². The molecule has 1 amide bonds. The van der Waals surface area contributed by atoms with Crippen molar-refractivity contribution in [3.8, 4) is 0 Å². The number of hydrogen-bond acceptors (Lipinski definition) is 2. The Morgan fingerprint density at radius 2 is 2.31 bits per heavy atom. The van der Waals surface area contributed by atoms with Gasteiger partial charge >= 0.3 is 6.09 Å². The predicted octanol–water partition coefficient (Wildman–Crippen LogP) is 2.56. The molecule has 4 heteroatoms. The number of carbonyl (C=O) groups excluding carboxylic acids is 1. The molecule has 3 nitrogen and oxygen atoms in total. The minimum Gasteiger partial charge on any atom is -0.442 e. The van der Waals surface area contributed by atoms with Crippen LogP contribution in [0.2, 0.25) is 0 Å². The van der Waals surface area contributed by atoms with Crippen LogP contribution < -0.4 is 5.73 Å². The lowest BCUT2D eigenvalue weighted by atomic mass is 10.1. The lowest BCUT2D eigenvalue weighted by molar-refractivity contribution is 0.122. The number of halogens is 1. The van der Waals surface area contributed by atoms with Gasteiger partial charge in [0.05, 0.1) is 0 Å². The molecular weight excluding hydrogens is 190 g/mol. The largest absolute Gasteiger partial charge is 0.442 e. The first-order chi connectivity index (χ1) is 6.02. The number of nitrogens with two attached hydrogens (primary N) is 1. The smallest absolute Gasteiger partial charge is 0.405 e. The number of rotatable bonds is 4. The van der Waals surface area contributed by atoms with Crippen LogP contribution in [0.3, 0.4) is 0 Å². The second-order valence-corrected chi connectivity index (χ2v) is 2.98. The summed E-state index contributed by atoms with van der Waals surface area (Å²) in [6.45, 7) is 7.17. The maximum absolute atomic E-state index is 10.5. The van der Waals surface area contributed by atoms with Gasteiger partial charge in [0.25, 0.3) is 0 Å². The van der Waals surface area contributed by atoms with Crippen LogP contribution in [0.25, 0.3) is 0 Å². The van der Waals surface area contributed by atoms with E-state index in [4.69, 9.17) is 22.1 Å². The molecule has 0 aromatic carbocycles. The fraction of sp³-hybridized carbons (Fsp3) is 0.444. The quantitative estimate of drug-likeness (QED) is 0.714. The Morgan fingerprint density at radius 1 is 1.77 bits per heavy atom. The average Bonchev–Trinajstić information content (AvgIpc) is 2.11. The third-order valence-electron chi connectivity index (χ3n) is 1.67. The normalized spacial score (nSPS) is 14.4.